The lowest BCUT2D eigenvalue weighted by atomic mass is 9.87. The van der Waals surface area contributed by atoms with E-state index in [0.29, 0.717) is 0 Å². The summed E-state index contributed by atoms with van der Waals surface area (Å²) in [7, 11) is 0. The molecule has 126 valence electrons. The largest absolute Gasteiger partial charge is 0.289 e. The summed E-state index contributed by atoms with van der Waals surface area (Å²) in [6.45, 7) is 2.04. The Morgan fingerprint density at radius 3 is 1.84 bits per heavy atom. The Labute approximate surface area is 146 Å². The monoisotopic (exact) mass is 333 g/mol. The lowest BCUT2D eigenvalue weighted by molar-refractivity contribution is -0.384. The lowest BCUT2D eigenvalue weighted by Gasteiger charge is -2.16. The molecule has 2 aromatic rings. The molecule has 1 saturated carbocycles. The Balaban J connectivity index is 1.84. The molecule has 0 bridgehead atoms. The average Bonchev–Trinajstić information content (AvgIpc) is 2.61. The van der Waals surface area contributed by atoms with Gasteiger partial charge in [0.1, 0.15) is 0 Å². The first-order valence-electron chi connectivity index (χ1n) is 8.30. The number of ketones is 1. The first-order valence-corrected chi connectivity index (χ1v) is 8.30. The molecule has 0 aliphatic heterocycles. The van der Waals surface area contributed by atoms with Crippen LogP contribution in [0.3, 0.4) is 0 Å². The standard InChI is InChI=1S/C21H19NO3/c1-15-5-7-16(8-6-15)13-18-3-2-4-19(21(18)23)14-17-9-11-20(12-10-17)22(24)25/h5-14H,2-4H2,1H3/b18-13+,19-14?. The zero-order valence-electron chi connectivity index (χ0n) is 14.1. The number of hydrogen-bond acceptors (Lipinski definition) is 3. The molecule has 4 heteroatoms. The third kappa shape index (κ3) is 4.10. The first kappa shape index (κ1) is 16.8. The predicted octanol–water partition coefficient (Wildman–Crippen LogP) is 5.12. The fourth-order valence-electron chi connectivity index (χ4n) is 2.94. The van der Waals surface area contributed by atoms with Crippen LogP contribution in [0.2, 0.25) is 0 Å². The van der Waals surface area contributed by atoms with Crippen molar-refractivity contribution >= 4 is 23.6 Å². The van der Waals surface area contributed by atoms with Crippen molar-refractivity contribution in [3.05, 3.63) is 86.5 Å². The molecule has 0 aromatic heterocycles. The molecule has 0 spiro atoms. The molecule has 0 radical (unpaired) electrons. The number of hydrogen-bond donors (Lipinski definition) is 0. The van der Waals surface area contributed by atoms with Crippen LogP contribution in [0.4, 0.5) is 5.69 Å². The minimum absolute atomic E-state index is 0.0528. The highest BCUT2D eigenvalue weighted by atomic mass is 16.6. The van der Waals surface area contributed by atoms with Gasteiger partial charge in [0.15, 0.2) is 5.78 Å². The highest BCUT2D eigenvalue weighted by molar-refractivity contribution is 6.13. The second kappa shape index (κ2) is 7.26. The molecule has 3 rings (SSSR count). The van der Waals surface area contributed by atoms with Gasteiger partial charge in [0.25, 0.3) is 5.69 Å². The number of allylic oxidation sites excluding steroid dienone is 2. The zero-order valence-corrected chi connectivity index (χ0v) is 14.1. The van der Waals surface area contributed by atoms with Crippen molar-refractivity contribution < 1.29 is 9.72 Å². The van der Waals surface area contributed by atoms with Gasteiger partial charge < -0.3 is 0 Å². The highest BCUT2D eigenvalue weighted by Gasteiger charge is 2.20. The molecule has 2 aromatic carbocycles. The fourth-order valence-corrected chi connectivity index (χ4v) is 2.94. The number of nitro groups is 1. The number of rotatable bonds is 3. The smallest absolute Gasteiger partial charge is 0.269 e. The Morgan fingerprint density at radius 2 is 1.36 bits per heavy atom. The van der Waals surface area contributed by atoms with Crippen LogP contribution in [-0.2, 0) is 4.79 Å². The lowest BCUT2D eigenvalue weighted by Crippen LogP contribution is -2.12. The topological polar surface area (TPSA) is 60.2 Å². The van der Waals surface area contributed by atoms with Crippen molar-refractivity contribution in [2.75, 3.05) is 0 Å². The number of aryl methyl sites for hydroxylation is 1. The summed E-state index contributed by atoms with van der Waals surface area (Å²) in [6, 6.07) is 14.4. The van der Waals surface area contributed by atoms with E-state index in [0.717, 1.165) is 41.5 Å². The normalized spacial score (nSPS) is 17.9. The third-order valence-corrected chi connectivity index (χ3v) is 4.34. The van der Waals surface area contributed by atoms with Crippen LogP contribution in [-0.4, -0.2) is 10.7 Å². The van der Waals surface area contributed by atoms with Crippen molar-refractivity contribution in [1.82, 2.24) is 0 Å². The summed E-state index contributed by atoms with van der Waals surface area (Å²) in [6.07, 6.45) is 6.26. The van der Waals surface area contributed by atoms with E-state index in [4.69, 9.17) is 0 Å². The van der Waals surface area contributed by atoms with Gasteiger partial charge in [0, 0.05) is 23.3 Å². The third-order valence-electron chi connectivity index (χ3n) is 4.34. The second-order valence-electron chi connectivity index (χ2n) is 6.28. The molecule has 0 N–H and O–H groups in total. The minimum atomic E-state index is -0.425. The number of carbonyl (C=O) groups is 1. The number of Topliss-reactive ketones (excluding diaryl/α,β-unsaturated/α-hetero) is 1. The van der Waals surface area contributed by atoms with E-state index >= 15 is 0 Å². The predicted molar refractivity (Wildman–Crippen MR) is 99.1 cm³/mol. The number of non-ortho nitro benzene ring substituents is 1. The Kier molecular flexibility index (Phi) is 4.89. The average molecular weight is 333 g/mol. The van der Waals surface area contributed by atoms with Crippen molar-refractivity contribution in [2.45, 2.75) is 26.2 Å². The molecule has 0 amide bonds. The molecule has 1 aliphatic carbocycles. The first-order chi connectivity index (χ1) is 12.0. The molecule has 0 unspecified atom stereocenters. The Hall–Kier alpha value is -3.01. The van der Waals surface area contributed by atoms with Gasteiger partial charge in [-0.15, -0.1) is 0 Å². The van der Waals surface area contributed by atoms with Gasteiger partial charge >= 0.3 is 0 Å². The van der Waals surface area contributed by atoms with Gasteiger partial charge in [-0.2, -0.15) is 0 Å². The quantitative estimate of drug-likeness (QED) is 0.445. The summed E-state index contributed by atoms with van der Waals surface area (Å²) >= 11 is 0. The van der Waals surface area contributed by atoms with Crippen molar-refractivity contribution in [2.24, 2.45) is 0 Å². The van der Waals surface area contributed by atoms with Crippen LogP contribution in [0.1, 0.15) is 36.0 Å². The van der Waals surface area contributed by atoms with E-state index in [1.165, 1.54) is 17.7 Å². The summed E-state index contributed by atoms with van der Waals surface area (Å²) < 4.78 is 0. The van der Waals surface area contributed by atoms with E-state index in [-0.39, 0.29) is 11.5 Å². The zero-order chi connectivity index (χ0) is 17.8. The number of carbonyl (C=O) groups excluding carboxylic acids is 1. The SMILES string of the molecule is Cc1ccc(/C=C2\CCCC(=Cc3ccc([N+](=O)[O-])cc3)C2=O)cc1. The van der Waals surface area contributed by atoms with E-state index in [2.05, 4.69) is 0 Å². The van der Waals surface area contributed by atoms with E-state index < -0.39 is 4.92 Å². The maximum Gasteiger partial charge on any atom is 0.269 e. The molecule has 25 heavy (non-hydrogen) atoms. The maximum atomic E-state index is 12.7. The van der Waals surface area contributed by atoms with E-state index in [1.54, 1.807) is 12.1 Å². The van der Waals surface area contributed by atoms with Crippen molar-refractivity contribution in [3.8, 4) is 0 Å². The van der Waals surface area contributed by atoms with E-state index in [1.807, 2.05) is 43.3 Å². The summed E-state index contributed by atoms with van der Waals surface area (Å²) in [5.41, 5.74) is 4.67. The number of nitro benzene ring substituents is 1. The number of benzene rings is 2. The van der Waals surface area contributed by atoms with Gasteiger partial charge in [0.2, 0.25) is 0 Å². The molecular formula is C21H19NO3. The van der Waals surface area contributed by atoms with Gasteiger partial charge in [-0.05, 0) is 61.6 Å². The molecule has 4 nitrogen and oxygen atoms in total. The Morgan fingerprint density at radius 1 is 0.880 bits per heavy atom. The molecule has 1 aliphatic rings. The molecule has 0 atom stereocenters. The van der Waals surface area contributed by atoms with E-state index in [9.17, 15) is 14.9 Å². The summed E-state index contributed by atoms with van der Waals surface area (Å²) in [5.74, 6) is 0.0742. The molecule has 0 heterocycles. The van der Waals surface area contributed by atoms with Gasteiger partial charge in [-0.1, -0.05) is 29.8 Å². The minimum Gasteiger partial charge on any atom is -0.289 e. The van der Waals surface area contributed by atoms with Crippen molar-refractivity contribution in [3.63, 3.8) is 0 Å². The summed E-state index contributed by atoms with van der Waals surface area (Å²) in [5, 5.41) is 10.7. The van der Waals surface area contributed by atoms with Crippen molar-refractivity contribution in [1.29, 1.82) is 0 Å². The van der Waals surface area contributed by atoms with Gasteiger partial charge in [0.05, 0.1) is 4.92 Å². The summed E-state index contributed by atoms with van der Waals surface area (Å²) in [4.78, 5) is 23.0. The number of nitrogens with zero attached hydrogens (tertiary/aromatic N) is 1. The van der Waals surface area contributed by atoms with Gasteiger partial charge in [-0.3, -0.25) is 14.9 Å². The van der Waals surface area contributed by atoms with Crippen LogP contribution in [0.5, 0.6) is 0 Å². The highest BCUT2D eigenvalue weighted by Crippen LogP contribution is 2.28. The van der Waals surface area contributed by atoms with Crippen LogP contribution in [0.15, 0.2) is 59.7 Å². The van der Waals surface area contributed by atoms with Crippen LogP contribution in [0, 0.1) is 17.0 Å². The van der Waals surface area contributed by atoms with Gasteiger partial charge in [-0.25, -0.2) is 0 Å². The Bertz CT molecular complexity index is 859. The fraction of sp³-hybridized carbons (Fsp3) is 0.190. The second-order valence-corrected chi connectivity index (χ2v) is 6.28. The van der Waals surface area contributed by atoms with Crippen LogP contribution >= 0.6 is 0 Å². The maximum absolute atomic E-state index is 12.7. The molecule has 0 saturated heterocycles. The molecular weight excluding hydrogens is 314 g/mol. The van der Waals surface area contributed by atoms with Crippen LogP contribution < -0.4 is 0 Å². The van der Waals surface area contributed by atoms with Crippen LogP contribution in [0.25, 0.3) is 12.2 Å². The molecule has 1 fully saturated rings.